The van der Waals surface area contributed by atoms with Gasteiger partial charge in [0.05, 0.1) is 18.3 Å². The van der Waals surface area contributed by atoms with Gasteiger partial charge in [0.1, 0.15) is 0 Å². The molecule has 1 amide bonds. The molecule has 1 aromatic carbocycles. The number of hydrogen-bond donors (Lipinski definition) is 0. The third kappa shape index (κ3) is 5.06. The quantitative estimate of drug-likeness (QED) is 0.676. The summed E-state index contributed by atoms with van der Waals surface area (Å²) < 4.78 is 2.14. The van der Waals surface area contributed by atoms with Gasteiger partial charge in [-0.15, -0.1) is 10.2 Å². The summed E-state index contributed by atoms with van der Waals surface area (Å²) in [5.41, 5.74) is 1.19. The van der Waals surface area contributed by atoms with Crippen molar-refractivity contribution in [3.05, 3.63) is 41.7 Å². The van der Waals surface area contributed by atoms with Gasteiger partial charge >= 0.3 is 0 Å². The number of carbonyl (C=O) groups is 1. The Bertz CT molecular complexity index is 684. The van der Waals surface area contributed by atoms with Crippen LogP contribution in [0.25, 0.3) is 0 Å². The van der Waals surface area contributed by atoms with Crippen molar-refractivity contribution in [3.8, 4) is 0 Å². The zero-order valence-electron chi connectivity index (χ0n) is 15.6. The Kier molecular flexibility index (Phi) is 7.01. The Labute approximate surface area is 154 Å². The molecule has 1 atom stereocenters. The lowest BCUT2D eigenvalue weighted by molar-refractivity contribution is -0.125. The Morgan fingerprint density at radius 2 is 1.84 bits per heavy atom. The van der Waals surface area contributed by atoms with Crippen molar-refractivity contribution in [3.63, 3.8) is 0 Å². The molecule has 0 fully saturated rings. The number of benzene rings is 1. The summed E-state index contributed by atoms with van der Waals surface area (Å²) in [4.78, 5) is 15.7. The van der Waals surface area contributed by atoms with E-state index in [1.54, 1.807) is 19.0 Å². The van der Waals surface area contributed by atoms with Crippen molar-refractivity contribution < 1.29 is 4.79 Å². The van der Waals surface area contributed by atoms with Gasteiger partial charge in [-0.1, -0.05) is 49.0 Å². The Balaban J connectivity index is 2.32. The second-order valence-corrected chi connectivity index (χ2v) is 7.32. The minimum absolute atomic E-state index is 0.0699. The minimum Gasteiger partial charge on any atom is -0.348 e. The van der Waals surface area contributed by atoms with Crippen LogP contribution < -0.4 is 0 Å². The van der Waals surface area contributed by atoms with Gasteiger partial charge in [0, 0.05) is 14.1 Å². The predicted molar refractivity (Wildman–Crippen MR) is 102 cm³/mol. The zero-order valence-corrected chi connectivity index (χ0v) is 16.5. The van der Waals surface area contributed by atoms with Crippen LogP contribution in [-0.2, 0) is 11.3 Å². The van der Waals surface area contributed by atoms with Crippen LogP contribution in [0.15, 0.2) is 35.5 Å². The Hall–Kier alpha value is -1.86. The molecule has 1 unspecified atom stereocenters. The number of thioether (sulfide) groups is 1. The number of amides is 1. The van der Waals surface area contributed by atoms with E-state index in [0.717, 1.165) is 17.4 Å². The molecule has 0 bridgehead atoms. The van der Waals surface area contributed by atoms with Crippen molar-refractivity contribution in [2.75, 3.05) is 33.9 Å². The lowest BCUT2D eigenvalue weighted by Gasteiger charge is -2.23. The fourth-order valence-electron chi connectivity index (χ4n) is 2.60. The van der Waals surface area contributed by atoms with Crippen LogP contribution in [0.3, 0.4) is 0 Å². The lowest BCUT2D eigenvalue weighted by Crippen LogP contribution is -2.24. The van der Waals surface area contributed by atoms with Crippen LogP contribution in [0, 0.1) is 0 Å². The van der Waals surface area contributed by atoms with Gasteiger partial charge in [-0.25, -0.2) is 0 Å². The second-order valence-electron chi connectivity index (χ2n) is 6.38. The van der Waals surface area contributed by atoms with Crippen LogP contribution in [0.1, 0.15) is 30.8 Å². The Morgan fingerprint density at radius 3 is 2.40 bits per heavy atom. The summed E-state index contributed by atoms with van der Waals surface area (Å²) in [5, 5.41) is 9.61. The van der Waals surface area contributed by atoms with Gasteiger partial charge in [-0.3, -0.25) is 9.69 Å². The fraction of sp³-hybridized carbons (Fsp3) is 0.500. The molecule has 0 aliphatic carbocycles. The third-order valence-electron chi connectivity index (χ3n) is 4.06. The molecule has 136 valence electrons. The highest BCUT2D eigenvalue weighted by Gasteiger charge is 2.22. The molecule has 0 N–H and O–H groups in total. The highest BCUT2D eigenvalue weighted by Crippen LogP contribution is 2.26. The summed E-state index contributed by atoms with van der Waals surface area (Å²) in [6, 6.07) is 10.5. The van der Waals surface area contributed by atoms with Gasteiger partial charge in [0.2, 0.25) is 5.91 Å². The summed E-state index contributed by atoms with van der Waals surface area (Å²) in [6.45, 7) is 2.85. The molecule has 0 saturated heterocycles. The van der Waals surface area contributed by atoms with Gasteiger partial charge < -0.3 is 9.47 Å². The number of rotatable bonds is 8. The summed E-state index contributed by atoms with van der Waals surface area (Å²) >= 11 is 1.44. The van der Waals surface area contributed by atoms with Crippen molar-refractivity contribution >= 4 is 17.7 Å². The average Bonchev–Trinajstić information content (AvgIpc) is 2.96. The maximum atomic E-state index is 11.9. The van der Waals surface area contributed by atoms with E-state index in [1.165, 1.54) is 17.3 Å². The molecular formula is C18H27N5OS. The molecular weight excluding hydrogens is 334 g/mol. The van der Waals surface area contributed by atoms with Gasteiger partial charge in [0.15, 0.2) is 11.0 Å². The summed E-state index contributed by atoms with van der Waals surface area (Å²) in [6.07, 6.45) is 0.946. The maximum absolute atomic E-state index is 11.9. The molecule has 0 aliphatic heterocycles. The topological polar surface area (TPSA) is 54.3 Å². The van der Waals surface area contributed by atoms with E-state index in [9.17, 15) is 4.79 Å². The van der Waals surface area contributed by atoms with Crippen LogP contribution >= 0.6 is 11.8 Å². The number of nitrogens with zero attached hydrogens (tertiary/aromatic N) is 5. The van der Waals surface area contributed by atoms with E-state index >= 15 is 0 Å². The zero-order chi connectivity index (χ0) is 18.4. The molecule has 0 aliphatic rings. The van der Waals surface area contributed by atoms with Gasteiger partial charge in [-0.2, -0.15) is 0 Å². The number of carbonyl (C=O) groups excluding carboxylic acids is 1. The first-order chi connectivity index (χ1) is 11.9. The average molecular weight is 362 g/mol. The Morgan fingerprint density at radius 1 is 1.16 bits per heavy atom. The monoisotopic (exact) mass is 361 g/mol. The molecule has 0 radical (unpaired) electrons. The minimum atomic E-state index is 0.0699. The molecule has 7 heteroatoms. The first-order valence-corrected chi connectivity index (χ1v) is 9.39. The standard InChI is InChI=1S/C18H27N5OS/c1-6-15(21(2)3)17-19-20-18(25-13-16(24)22(4)5)23(17)12-14-10-8-7-9-11-14/h7-11,15H,6,12-13H2,1-5H3. The maximum Gasteiger partial charge on any atom is 0.232 e. The molecule has 1 aromatic heterocycles. The normalized spacial score (nSPS) is 12.4. The van der Waals surface area contributed by atoms with Crippen LogP contribution in [0.4, 0.5) is 0 Å². The van der Waals surface area contributed by atoms with E-state index in [1.807, 2.05) is 18.2 Å². The predicted octanol–water partition coefficient (Wildman–Crippen LogP) is 2.52. The van der Waals surface area contributed by atoms with Gasteiger partial charge in [-0.05, 0) is 26.1 Å². The van der Waals surface area contributed by atoms with Crippen LogP contribution in [0.5, 0.6) is 0 Å². The first-order valence-electron chi connectivity index (χ1n) is 8.40. The molecule has 25 heavy (non-hydrogen) atoms. The van der Waals surface area contributed by atoms with E-state index in [-0.39, 0.29) is 11.9 Å². The van der Waals surface area contributed by atoms with Crippen LogP contribution in [0.2, 0.25) is 0 Å². The van der Waals surface area contributed by atoms with Crippen molar-refractivity contribution in [2.45, 2.75) is 31.1 Å². The molecule has 2 aromatic rings. The molecule has 0 saturated carbocycles. The number of hydrogen-bond acceptors (Lipinski definition) is 5. The largest absolute Gasteiger partial charge is 0.348 e. The lowest BCUT2D eigenvalue weighted by atomic mass is 10.2. The summed E-state index contributed by atoms with van der Waals surface area (Å²) in [7, 11) is 7.64. The van der Waals surface area contributed by atoms with E-state index in [2.05, 4.69) is 52.8 Å². The van der Waals surface area contributed by atoms with Crippen molar-refractivity contribution in [1.29, 1.82) is 0 Å². The van der Waals surface area contributed by atoms with E-state index in [4.69, 9.17) is 0 Å². The first kappa shape index (κ1) is 19.5. The highest BCUT2D eigenvalue weighted by molar-refractivity contribution is 7.99. The highest BCUT2D eigenvalue weighted by atomic mass is 32.2. The fourth-order valence-corrected chi connectivity index (χ4v) is 3.53. The second kappa shape index (κ2) is 9.01. The van der Waals surface area contributed by atoms with Crippen molar-refractivity contribution in [1.82, 2.24) is 24.6 Å². The van der Waals surface area contributed by atoms with E-state index < -0.39 is 0 Å². The van der Waals surface area contributed by atoms with E-state index in [0.29, 0.717) is 12.3 Å². The van der Waals surface area contributed by atoms with Crippen LogP contribution in [-0.4, -0.2) is 64.4 Å². The summed E-state index contributed by atoms with van der Waals surface area (Å²) in [5.74, 6) is 1.37. The molecule has 0 spiro atoms. The SMILES string of the molecule is CCC(c1nnc(SCC(=O)N(C)C)n1Cc1ccccc1)N(C)C. The van der Waals surface area contributed by atoms with Gasteiger partial charge in [0.25, 0.3) is 0 Å². The molecule has 2 rings (SSSR count). The van der Waals surface area contributed by atoms with Crippen molar-refractivity contribution in [2.24, 2.45) is 0 Å². The molecule has 6 nitrogen and oxygen atoms in total. The number of aromatic nitrogens is 3. The third-order valence-corrected chi connectivity index (χ3v) is 5.01. The smallest absolute Gasteiger partial charge is 0.232 e. The molecule has 1 heterocycles.